The second kappa shape index (κ2) is 4.66. The lowest BCUT2D eigenvalue weighted by molar-refractivity contribution is -0.275. The van der Waals surface area contributed by atoms with Crippen LogP contribution in [0.25, 0.3) is 0 Å². The first-order valence-electron chi connectivity index (χ1n) is 4.30. The lowest BCUT2D eigenvalue weighted by Gasteiger charge is -2.13. The number of aryl methyl sites for hydroxylation is 1. The maximum absolute atomic E-state index is 12.1. The molecule has 0 saturated carbocycles. The van der Waals surface area contributed by atoms with Crippen molar-refractivity contribution >= 4 is 19.7 Å². The lowest BCUT2D eigenvalue weighted by Crippen LogP contribution is -2.19. The van der Waals surface area contributed by atoms with Crippen molar-refractivity contribution in [2.75, 3.05) is 0 Å². The Morgan fingerprint density at radius 1 is 1.39 bits per heavy atom. The summed E-state index contributed by atoms with van der Waals surface area (Å²) >= 11 is 0. The van der Waals surface area contributed by atoms with Crippen LogP contribution in [0.2, 0.25) is 0 Å². The molecule has 0 aliphatic heterocycles. The van der Waals surface area contributed by atoms with E-state index in [4.69, 9.17) is 15.9 Å². The summed E-state index contributed by atoms with van der Waals surface area (Å²) in [6.45, 7) is 1.38. The molecule has 0 heterocycles. The van der Waals surface area contributed by atoms with Crippen molar-refractivity contribution in [1.29, 1.82) is 5.26 Å². The molecule has 0 bridgehead atoms. The fourth-order valence-corrected chi connectivity index (χ4v) is 2.46. The highest BCUT2D eigenvalue weighted by Crippen LogP contribution is 2.35. The average molecular weight is 300 g/mol. The number of alkyl halides is 3. The van der Waals surface area contributed by atoms with E-state index in [0.717, 1.165) is 12.1 Å². The van der Waals surface area contributed by atoms with Gasteiger partial charge in [0.25, 0.3) is 9.05 Å². The number of ether oxygens (including phenoxy) is 1. The first-order valence-corrected chi connectivity index (χ1v) is 6.60. The smallest absolute Gasteiger partial charge is 0.404 e. The zero-order chi connectivity index (χ0) is 14.1. The van der Waals surface area contributed by atoms with Crippen LogP contribution in [0, 0.1) is 18.3 Å². The first kappa shape index (κ1) is 14.6. The second-order valence-corrected chi connectivity index (χ2v) is 5.74. The molecule has 0 atom stereocenters. The minimum atomic E-state index is -5.09. The van der Waals surface area contributed by atoms with E-state index in [-0.39, 0.29) is 5.56 Å². The minimum Gasteiger partial charge on any atom is -0.404 e. The molecule has 1 rings (SSSR count). The number of nitriles is 1. The van der Waals surface area contributed by atoms with Gasteiger partial charge in [-0.05, 0) is 24.6 Å². The molecule has 0 aliphatic rings. The van der Waals surface area contributed by atoms with Crippen molar-refractivity contribution in [1.82, 2.24) is 0 Å². The number of halogens is 4. The molecule has 4 nitrogen and oxygen atoms in total. The molecule has 18 heavy (non-hydrogen) atoms. The van der Waals surface area contributed by atoms with Crippen LogP contribution in [0.3, 0.4) is 0 Å². The number of rotatable bonds is 2. The van der Waals surface area contributed by atoms with Gasteiger partial charge in [-0.2, -0.15) is 5.26 Å². The Morgan fingerprint density at radius 2 is 1.94 bits per heavy atom. The van der Waals surface area contributed by atoms with Gasteiger partial charge in [-0.15, -0.1) is 13.2 Å². The predicted octanol–water partition coefficient (Wildman–Crippen LogP) is 2.69. The van der Waals surface area contributed by atoms with Crippen LogP contribution in [-0.2, 0) is 9.05 Å². The van der Waals surface area contributed by atoms with Gasteiger partial charge in [-0.25, -0.2) is 8.42 Å². The summed E-state index contributed by atoms with van der Waals surface area (Å²) < 4.78 is 62.4. The summed E-state index contributed by atoms with van der Waals surface area (Å²) in [5.74, 6) is -1.02. The summed E-state index contributed by atoms with van der Waals surface area (Å²) in [6, 6.07) is 3.39. The summed E-state index contributed by atoms with van der Waals surface area (Å²) in [6.07, 6.45) is -5.09. The molecule has 0 saturated heterocycles. The van der Waals surface area contributed by atoms with Gasteiger partial charge >= 0.3 is 6.36 Å². The largest absolute Gasteiger partial charge is 0.573 e. The van der Waals surface area contributed by atoms with E-state index in [1.165, 1.54) is 13.0 Å². The van der Waals surface area contributed by atoms with Crippen LogP contribution in [0.4, 0.5) is 13.2 Å². The third-order valence-corrected chi connectivity index (χ3v) is 3.16. The van der Waals surface area contributed by atoms with Gasteiger partial charge in [0.2, 0.25) is 0 Å². The first-order chi connectivity index (χ1) is 8.04. The van der Waals surface area contributed by atoms with Crippen molar-refractivity contribution in [2.45, 2.75) is 18.2 Å². The van der Waals surface area contributed by atoms with Crippen molar-refractivity contribution in [3.63, 3.8) is 0 Å². The van der Waals surface area contributed by atoms with Crippen LogP contribution in [0.5, 0.6) is 5.75 Å². The number of benzene rings is 1. The number of hydrogen-bond donors (Lipinski definition) is 0. The second-order valence-electron chi connectivity index (χ2n) is 3.24. The number of nitrogens with zero attached hydrogens (tertiary/aromatic N) is 1. The van der Waals surface area contributed by atoms with Crippen molar-refractivity contribution in [3.05, 3.63) is 23.3 Å². The molecule has 0 N–H and O–H groups in total. The molecule has 98 valence electrons. The Morgan fingerprint density at radius 3 is 2.33 bits per heavy atom. The highest BCUT2D eigenvalue weighted by atomic mass is 35.7. The summed E-state index contributed by atoms with van der Waals surface area (Å²) in [5, 5.41) is 8.72. The van der Waals surface area contributed by atoms with E-state index in [0.29, 0.717) is 0 Å². The minimum absolute atomic E-state index is 0.231. The molecule has 0 spiro atoms. The van der Waals surface area contributed by atoms with Crippen LogP contribution < -0.4 is 4.74 Å². The van der Waals surface area contributed by atoms with Crippen LogP contribution >= 0.6 is 10.7 Å². The van der Waals surface area contributed by atoms with Gasteiger partial charge in [0.15, 0.2) is 5.75 Å². The molecular formula is C9H5ClF3NO3S. The Hall–Kier alpha value is -1.46. The van der Waals surface area contributed by atoms with Crippen LogP contribution in [0.1, 0.15) is 11.1 Å². The third kappa shape index (κ3) is 3.51. The van der Waals surface area contributed by atoms with Crippen LogP contribution in [-0.4, -0.2) is 14.8 Å². The van der Waals surface area contributed by atoms with Gasteiger partial charge < -0.3 is 4.74 Å². The standard InChI is InChI=1S/C9H5ClF3NO3S/c1-5-2-6(4-14)8(18(10,15)16)7(3-5)17-9(11,12)13/h2-3H,1H3. The van der Waals surface area contributed by atoms with E-state index in [9.17, 15) is 21.6 Å². The molecule has 0 aromatic heterocycles. The molecule has 0 fully saturated rings. The van der Waals surface area contributed by atoms with Crippen LogP contribution in [0.15, 0.2) is 17.0 Å². The molecular weight excluding hydrogens is 295 g/mol. The van der Waals surface area contributed by atoms with E-state index >= 15 is 0 Å². The maximum atomic E-state index is 12.1. The lowest BCUT2D eigenvalue weighted by atomic mass is 10.1. The SMILES string of the molecule is Cc1cc(C#N)c(S(=O)(=O)Cl)c(OC(F)(F)F)c1. The molecule has 9 heteroatoms. The molecule has 1 aromatic carbocycles. The van der Waals surface area contributed by atoms with Gasteiger partial charge in [-0.3, -0.25) is 0 Å². The topological polar surface area (TPSA) is 67.2 Å². The van der Waals surface area contributed by atoms with Gasteiger partial charge in [0.05, 0.1) is 5.56 Å². The van der Waals surface area contributed by atoms with Gasteiger partial charge in [0.1, 0.15) is 11.0 Å². The Bertz CT molecular complexity index is 619. The fraction of sp³-hybridized carbons (Fsp3) is 0.222. The Balaban J connectivity index is 3.60. The van der Waals surface area contributed by atoms with Gasteiger partial charge in [-0.1, -0.05) is 0 Å². The quantitative estimate of drug-likeness (QED) is 0.787. The maximum Gasteiger partial charge on any atom is 0.573 e. The Kier molecular flexibility index (Phi) is 3.78. The van der Waals surface area contributed by atoms with E-state index in [1.54, 1.807) is 0 Å². The summed E-state index contributed by atoms with van der Waals surface area (Å²) in [5.41, 5.74) is -0.279. The fourth-order valence-electron chi connectivity index (χ4n) is 1.27. The highest BCUT2D eigenvalue weighted by Gasteiger charge is 2.35. The average Bonchev–Trinajstić information content (AvgIpc) is 2.11. The van der Waals surface area contributed by atoms with E-state index in [2.05, 4.69) is 4.74 Å². The predicted molar refractivity (Wildman–Crippen MR) is 55.6 cm³/mol. The molecule has 0 unspecified atom stereocenters. The normalized spacial score (nSPS) is 12.0. The molecule has 1 aromatic rings. The van der Waals surface area contributed by atoms with Crippen molar-refractivity contribution < 1.29 is 26.3 Å². The summed E-state index contributed by atoms with van der Waals surface area (Å²) in [4.78, 5) is -0.991. The van der Waals surface area contributed by atoms with E-state index in [1.807, 2.05) is 0 Å². The van der Waals surface area contributed by atoms with Crippen molar-refractivity contribution in [3.8, 4) is 11.8 Å². The number of hydrogen-bond acceptors (Lipinski definition) is 4. The zero-order valence-electron chi connectivity index (χ0n) is 8.75. The molecule has 0 aliphatic carbocycles. The molecule has 0 radical (unpaired) electrons. The molecule has 0 amide bonds. The third-order valence-electron chi connectivity index (χ3n) is 1.79. The van der Waals surface area contributed by atoms with Crippen molar-refractivity contribution in [2.24, 2.45) is 0 Å². The van der Waals surface area contributed by atoms with E-state index < -0.39 is 31.6 Å². The Labute approximate surface area is 105 Å². The zero-order valence-corrected chi connectivity index (χ0v) is 10.3. The van der Waals surface area contributed by atoms with Gasteiger partial charge in [0, 0.05) is 10.7 Å². The summed E-state index contributed by atoms with van der Waals surface area (Å²) in [7, 11) is 0.462. The monoisotopic (exact) mass is 299 g/mol. The highest BCUT2D eigenvalue weighted by molar-refractivity contribution is 8.13.